The van der Waals surface area contributed by atoms with E-state index in [0.717, 1.165) is 5.56 Å². The summed E-state index contributed by atoms with van der Waals surface area (Å²) in [4.78, 5) is 24.4. The lowest BCUT2D eigenvalue weighted by Gasteiger charge is -2.05. The highest BCUT2D eigenvalue weighted by Gasteiger charge is 2.14. The van der Waals surface area contributed by atoms with E-state index in [0.29, 0.717) is 12.2 Å². The Kier molecular flexibility index (Phi) is 3.58. The van der Waals surface area contributed by atoms with Gasteiger partial charge in [0.15, 0.2) is 0 Å². The Morgan fingerprint density at radius 1 is 1.42 bits per heavy atom. The maximum Gasteiger partial charge on any atom is 0.287 e. The first-order valence-electron chi connectivity index (χ1n) is 5.53. The van der Waals surface area contributed by atoms with Gasteiger partial charge in [0, 0.05) is 18.3 Å². The SMILES string of the molecule is NCc1cccc(NC(=O)c2cc([N+](=O)[O-])c[nH]2)c1. The number of hydrogen-bond donors (Lipinski definition) is 3. The van der Waals surface area contributed by atoms with Crippen molar-refractivity contribution in [3.05, 3.63) is 57.9 Å². The van der Waals surface area contributed by atoms with Crippen LogP contribution in [0.25, 0.3) is 0 Å². The van der Waals surface area contributed by atoms with Gasteiger partial charge in [-0.1, -0.05) is 12.1 Å². The molecular weight excluding hydrogens is 248 g/mol. The van der Waals surface area contributed by atoms with Crippen molar-refractivity contribution in [2.24, 2.45) is 5.73 Å². The highest BCUT2D eigenvalue weighted by Crippen LogP contribution is 2.15. The lowest BCUT2D eigenvalue weighted by Crippen LogP contribution is -2.12. The first-order chi connectivity index (χ1) is 9.10. The van der Waals surface area contributed by atoms with Crippen LogP contribution in [0.3, 0.4) is 0 Å². The second kappa shape index (κ2) is 5.32. The minimum absolute atomic E-state index is 0.129. The molecule has 98 valence electrons. The minimum Gasteiger partial charge on any atom is -0.351 e. The summed E-state index contributed by atoms with van der Waals surface area (Å²) in [6.45, 7) is 0.373. The first kappa shape index (κ1) is 12.8. The summed E-state index contributed by atoms with van der Waals surface area (Å²) in [5.74, 6) is -0.442. The molecule has 7 nitrogen and oxygen atoms in total. The maximum absolute atomic E-state index is 11.9. The van der Waals surface area contributed by atoms with Gasteiger partial charge in [-0.25, -0.2) is 0 Å². The van der Waals surface area contributed by atoms with Gasteiger partial charge < -0.3 is 16.0 Å². The topological polar surface area (TPSA) is 114 Å². The highest BCUT2D eigenvalue weighted by molar-refractivity contribution is 6.03. The minimum atomic E-state index is -0.567. The molecule has 0 saturated carbocycles. The van der Waals surface area contributed by atoms with Gasteiger partial charge in [0.25, 0.3) is 11.6 Å². The van der Waals surface area contributed by atoms with E-state index in [2.05, 4.69) is 10.3 Å². The maximum atomic E-state index is 11.9. The molecule has 0 spiro atoms. The number of carbonyl (C=O) groups is 1. The van der Waals surface area contributed by atoms with Crippen molar-refractivity contribution in [2.45, 2.75) is 6.54 Å². The van der Waals surface area contributed by atoms with Crippen LogP contribution in [0.4, 0.5) is 11.4 Å². The lowest BCUT2D eigenvalue weighted by atomic mass is 10.2. The number of rotatable bonds is 4. The van der Waals surface area contributed by atoms with Crippen LogP contribution in [0.1, 0.15) is 16.1 Å². The third-order valence-electron chi connectivity index (χ3n) is 2.54. The predicted molar refractivity (Wildman–Crippen MR) is 69.7 cm³/mol. The van der Waals surface area contributed by atoms with E-state index in [4.69, 9.17) is 5.73 Å². The van der Waals surface area contributed by atoms with Gasteiger partial charge in [-0.3, -0.25) is 14.9 Å². The molecule has 7 heteroatoms. The number of amides is 1. The van der Waals surface area contributed by atoms with E-state index in [-0.39, 0.29) is 11.4 Å². The number of aromatic amines is 1. The van der Waals surface area contributed by atoms with Gasteiger partial charge in [0.1, 0.15) is 5.69 Å². The van der Waals surface area contributed by atoms with E-state index < -0.39 is 10.8 Å². The van der Waals surface area contributed by atoms with Crippen molar-refractivity contribution >= 4 is 17.3 Å². The van der Waals surface area contributed by atoms with Crippen LogP contribution in [-0.4, -0.2) is 15.8 Å². The van der Waals surface area contributed by atoms with Crippen LogP contribution in [0.5, 0.6) is 0 Å². The number of carbonyl (C=O) groups excluding carboxylic acids is 1. The van der Waals surface area contributed by atoms with Crippen LogP contribution < -0.4 is 11.1 Å². The van der Waals surface area contributed by atoms with Crippen molar-refractivity contribution in [1.82, 2.24) is 4.98 Å². The summed E-state index contributed by atoms with van der Waals surface area (Å²) < 4.78 is 0. The number of aromatic nitrogens is 1. The number of nitrogens with zero attached hydrogens (tertiary/aromatic N) is 1. The van der Waals surface area contributed by atoms with Crippen molar-refractivity contribution in [1.29, 1.82) is 0 Å². The second-order valence-electron chi connectivity index (χ2n) is 3.89. The molecule has 4 N–H and O–H groups in total. The zero-order valence-corrected chi connectivity index (χ0v) is 9.92. The molecule has 1 amide bonds. The molecule has 19 heavy (non-hydrogen) atoms. The molecule has 0 aliphatic heterocycles. The molecule has 0 saturated heterocycles. The van der Waals surface area contributed by atoms with Crippen LogP contribution in [0.15, 0.2) is 36.5 Å². The summed E-state index contributed by atoms with van der Waals surface area (Å²) >= 11 is 0. The van der Waals surface area contributed by atoms with Gasteiger partial charge in [0.2, 0.25) is 0 Å². The zero-order chi connectivity index (χ0) is 13.8. The van der Waals surface area contributed by atoms with E-state index >= 15 is 0 Å². The number of anilines is 1. The molecule has 0 aliphatic carbocycles. The van der Waals surface area contributed by atoms with Crippen molar-refractivity contribution in [3.63, 3.8) is 0 Å². The van der Waals surface area contributed by atoms with Crippen LogP contribution >= 0.6 is 0 Å². The Hall–Kier alpha value is -2.67. The number of benzene rings is 1. The largest absolute Gasteiger partial charge is 0.351 e. The van der Waals surface area contributed by atoms with Crippen LogP contribution in [0.2, 0.25) is 0 Å². The molecule has 2 aromatic rings. The fraction of sp³-hybridized carbons (Fsp3) is 0.0833. The highest BCUT2D eigenvalue weighted by atomic mass is 16.6. The summed E-state index contributed by atoms with van der Waals surface area (Å²) in [5.41, 5.74) is 6.95. The number of nitrogens with one attached hydrogen (secondary N) is 2. The third-order valence-corrected chi connectivity index (χ3v) is 2.54. The average Bonchev–Trinajstić information content (AvgIpc) is 2.89. The van der Waals surface area contributed by atoms with Gasteiger partial charge >= 0.3 is 0 Å². The smallest absolute Gasteiger partial charge is 0.287 e. The molecule has 2 rings (SSSR count). The first-order valence-corrected chi connectivity index (χ1v) is 5.53. The summed E-state index contributed by atoms with van der Waals surface area (Å²) in [5, 5.41) is 13.2. The molecule has 1 aromatic carbocycles. The van der Waals surface area contributed by atoms with Crippen molar-refractivity contribution in [3.8, 4) is 0 Å². The molecular formula is C12H12N4O3. The van der Waals surface area contributed by atoms with Gasteiger partial charge in [-0.15, -0.1) is 0 Å². The Labute approximate surface area is 108 Å². The Balaban J connectivity index is 2.13. The predicted octanol–water partition coefficient (Wildman–Crippen LogP) is 1.63. The zero-order valence-electron chi connectivity index (χ0n) is 9.92. The Morgan fingerprint density at radius 2 is 2.21 bits per heavy atom. The Morgan fingerprint density at radius 3 is 2.84 bits per heavy atom. The standard InChI is InChI=1S/C12H12N4O3/c13-6-8-2-1-3-9(4-8)15-12(17)11-5-10(7-14-11)16(18)19/h1-5,7,14H,6,13H2,(H,15,17). The van der Waals surface area contributed by atoms with Crippen molar-refractivity contribution in [2.75, 3.05) is 5.32 Å². The third kappa shape index (κ3) is 2.96. The number of H-pyrrole nitrogens is 1. The van der Waals surface area contributed by atoms with Crippen LogP contribution in [0, 0.1) is 10.1 Å². The monoisotopic (exact) mass is 260 g/mol. The fourth-order valence-electron chi connectivity index (χ4n) is 1.59. The van der Waals surface area contributed by atoms with Gasteiger partial charge in [0.05, 0.1) is 11.1 Å². The summed E-state index contributed by atoms with van der Waals surface area (Å²) in [6.07, 6.45) is 1.17. The average molecular weight is 260 g/mol. The molecule has 0 unspecified atom stereocenters. The number of nitro groups is 1. The van der Waals surface area contributed by atoms with Crippen LogP contribution in [-0.2, 0) is 6.54 Å². The second-order valence-corrected chi connectivity index (χ2v) is 3.89. The molecule has 1 aromatic heterocycles. The number of nitrogens with two attached hydrogens (primary N) is 1. The molecule has 0 fully saturated rings. The molecule has 0 bridgehead atoms. The molecule has 0 atom stereocenters. The summed E-state index contributed by atoms with van der Waals surface area (Å²) in [6, 6.07) is 8.26. The van der Waals surface area contributed by atoms with E-state index in [9.17, 15) is 14.9 Å². The Bertz CT molecular complexity index is 621. The van der Waals surface area contributed by atoms with E-state index in [1.807, 2.05) is 6.07 Å². The van der Waals surface area contributed by atoms with Crippen molar-refractivity contribution < 1.29 is 9.72 Å². The molecule has 0 radical (unpaired) electrons. The number of hydrogen-bond acceptors (Lipinski definition) is 4. The molecule has 1 heterocycles. The van der Waals surface area contributed by atoms with Gasteiger partial charge in [-0.2, -0.15) is 0 Å². The quantitative estimate of drug-likeness (QED) is 0.572. The summed E-state index contributed by atoms with van der Waals surface area (Å²) in [7, 11) is 0. The van der Waals surface area contributed by atoms with E-state index in [1.54, 1.807) is 18.2 Å². The normalized spacial score (nSPS) is 10.2. The van der Waals surface area contributed by atoms with Gasteiger partial charge in [-0.05, 0) is 17.7 Å². The lowest BCUT2D eigenvalue weighted by molar-refractivity contribution is -0.384. The fourth-order valence-corrected chi connectivity index (χ4v) is 1.59. The molecule has 0 aliphatic rings. The van der Waals surface area contributed by atoms with E-state index in [1.165, 1.54) is 12.3 Å².